The van der Waals surface area contributed by atoms with E-state index < -0.39 is 17.8 Å². The maximum atomic E-state index is 11.7. The van der Waals surface area contributed by atoms with E-state index in [1.807, 2.05) is 0 Å². The van der Waals surface area contributed by atoms with Crippen LogP contribution in [0.2, 0.25) is 0 Å². The quantitative estimate of drug-likeness (QED) is 0.695. The first kappa shape index (κ1) is 15.7. The number of imide groups is 1. The summed E-state index contributed by atoms with van der Waals surface area (Å²) < 4.78 is 0. The molecule has 1 fully saturated rings. The molecule has 0 aliphatic carbocycles. The molecule has 0 spiro atoms. The number of carbonyl (C=O) groups excluding carboxylic acids is 3. The summed E-state index contributed by atoms with van der Waals surface area (Å²) in [7, 11) is 0. The molecule has 0 aromatic carbocycles. The Morgan fingerprint density at radius 1 is 1.26 bits per heavy atom. The minimum atomic E-state index is -0.513. The first-order valence-electron chi connectivity index (χ1n) is 6.78. The molecule has 0 unspecified atom stereocenters. The van der Waals surface area contributed by atoms with Crippen LogP contribution in [0.3, 0.4) is 0 Å². The second kappa shape index (κ2) is 6.17. The Kier molecular flexibility index (Phi) is 5.09. The first-order valence-corrected chi connectivity index (χ1v) is 6.78. The van der Waals surface area contributed by atoms with Crippen LogP contribution in [-0.4, -0.2) is 22.8 Å². The van der Waals surface area contributed by atoms with Crippen LogP contribution in [0.4, 0.5) is 0 Å². The van der Waals surface area contributed by atoms with Gasteiger partial charge in [0.2, 0.25) is 0 Å². The largest absolute Gasteiger partial charge is 0.333 e. The molecule has 1 rings (SSSR count). The predicted octanol–water partition coefficient (Wildman–Crippen LogP) is 2.45. The average molecular weight is 269 g/mol. The van der Waals surface area contributed by atoms with E-state index >= 15 is 0 Å². The highest BCUT2D eigenvalue weighted by atomic mass is 16.7. The fourth-order valence-electron chi connectivity index (χ4n) is 2.45. The second-order valence-electron chi connectivity index (χ2n) is 6.31. The van der Waals surface area contributed by atoms with Crippen LogP contribution in [0.15, 0.2) is 0 Å². The highest BCUT2D eigenvalue weighted by Gasteiger charge is 2.33. The van der Waals surface area contributed by atoms with Gasteiger partial charge >= 0.3 is 5.97 Å². The number of nitrogens with zero attached hydrogens (tertiary/aromatic N) is 1. The third kappa shape index (κ3) is 5.01. The van der Waals surface area contributed by atoms with Crippen LogP contribution in [0.5, 0.6) is 0 Å². The number of hydrogen-bond donors (Lipinski definition) is 0. The Morgan fingerprint density at radius 3 is 2.26 bits per heavy atom. The average Bonchev–Trinajstić information content (AvgIpc) is 2.57. The van der Waals surface area contributed by atoms with Crippen molar-refractivity contribution in [3.05, 3.63) is 0 Å². The van der Waals surface area contributed by atoms with E-state index in [0.29, 0.717) is 17.4 Å². The van der Waals surface area contributed by atoms with Gasteiger partial charge in [-0.3, -0.25) is 9.59 Å². The molecule has 1 saturated heterocycles. The van der Waals surface area contributed by atoms with Crippen molar-refractivity contribution in [2.75, 3.05) is 0 Å². The lowest BCUT2D eigenvalue weighted by molar-refractivity contribution is -0.197. The molecule has 0 aromatic heterocycles. The summed E-state index contributed by atoms with van der Waals surface area (Å²) in [6, 6.07) is 0. The standard InChI is InChI=1S/C14H23NO4/c1-10(2)9-14(3,4)8-7-13(18)19-15-11(16)5-6-12(15)17/h10H,5-9H2,1-4H3. The van der Waals surface area contributed by atoms with Crippen LogP contribution in [0.1, 0.15) is 59.8 Å². The van der Waals surface area contributed by atoms with Crippen molar-refractivity contribution < 1.29 is 19.2 Å². The minimum Gasteiger partial charge on any atom is -0.330 e. The maximum Gasteiger partial charge on any atom is 0.333 e. The summed E-state index contributed by atoms with van der Waals surface area (Å²) in [5.41, 5.74) is 0.0478. The number of hydroxylamine groups is 2. The lowest BCUT2D eigenvalue weighted by Gasteiger charge is -2.26. The molecule has 0 bridgehead atoms. The highest BCUT2D eigenvalue weighted by Crippen LogP contribution is 2.30. The minimum absolute atomic E-state index is 0.0478. The van der Waals surface area contributed by atoms with E-state index in [9.17, 15) is 14.4 Å². The summed E-state index contributed by atoms with van der Waals surface area (Å²) in [6.45, 7) is 8.49. The van der Waals surface area contributed by atoms with Crippen LogP contribution in [0, 0.1) is 11.3 Å². The van der Waals surface area contributed by atoms with Crippen molar-refractivity contribution in [2.24, 2.45) is 11.3 Å². The highest BCUT2D eigenvalue weighted by molar-refractivity contribution is 6.01. The Morgan fingerprint density at radius 2 is 1.79 bits per heavy atom. The first-order chi connectivity index (χ1) is 8.71. The van der Waals surface area contributed by atoms with Gasteiger partial charge in [0.1, 0.15) is 0 Å². The van der Waals surface area contributed by atoms with Gasteiger partial charge in [-0.05, 0) is 24.2 Å². The normalized spacial score (nSPS) is 16.4. The van der Waals surface area contributed by atoms with Crippen LogP contribution >= 0.6 is 0 Å². The number of hydrogen-bond acceptors (Lipinski definition) is 4. The molecule has 108 valence electrons. The summed E-state index contributed by atoms with van der Waals surface area (Å²) in [5, 5.41) is 0.609. The molecular formula is C14H23NO4. The van der Waals surface area contributed by atoms with Gasteiger partial charge in [-0.15, -0.1) is 5.06 Å². The SMILES string of the molecule is CC(C)CC(C)(C)CCC(=O)ON1C(=O)CCC1=O. The van der Waals surface area contributed by atoms with Crippen molar-refractivity contribution in [2.45, 2.75) is 59.8 Å². The molecule has 1 aliphatic rings. The fourth-order valence-corrected chi connectivity index (χ4v) is 2.45. The van der Waals surface area contributed by atoms with Crippen molar-refractivity contribution in [3.8, 4) is 0 Å². The van der Waals surface area contributed by atoms with E-state index in [2.05, 4.69) is 27.7 Å². The summed E-state index contributed by atoms with van der Waals surface area (Å²) in [4.78, 5) is 39.1. The molecule has 19 heavy (non-hydrogen) atoms. The molecule has 5 heteroatoms. The zero-order chi connectivity index (χ0) is 14.6. The molecule has 0 N–H and O–H groups in total. The van der Waals surface area contributed by atoms with Gasteiger partial charge in [0.15, 0.2) is 0 Å². The van der Waals surface area contributed by atoms with Gasteiger partial charge < -0.3 is 4.84 Å². The Labute approximate surface area is 114 Å². The fraction of sp³-hybridized carbons (Fsp3) is 0.786. The van der Waals surface area contributed by atoms with Gasteiger partial charge in [0, 0.05) is 19.3 Å². The van der Waals surface area contributed by atoms with Crippen molar-refractivity contribution in [1.29, 1.82) is 0 Å². The van der Waals surface area contributed by atoms with Gasteiger partial charge in [-0.25, -0.2) is 4.79 Å². The zero-order valence-corrected chi connectivity index (χ0v) is 12.2. The number of rotatable bonds is 6. The second-order valence-corrected chi connectivity index (χ2v) is 6.31. The third-order valence-electron chi connectivity index (χ3n) is 3.17. The third-order valence-corrected chi connectivity index (χ3v) is 3.17. The Balaban J connectivity index is 2.39. The molecule has 0 saturated carbocycles. The van der Waals surface area contributed by atoms with Gasteiger partial charge in [-0.1, -0.05) is 27.7 Å². The molecular weight excluding hydrogens is 246 g/mol. The van der Waals surface area contributed by atoms with E-state index in [0.717, 1.165) is 6.42 Å². The summed E-state index contributed by atoms with van der Waals surface area (Å²) >= 11 is 0. The molecule has 1 heterocycles. The van der Waals surface area contributed by atoms with Crippen molar-refractivity contribution in [1.82, 2.24) is 5.06 Å². The molecule has 0 aromatic rings. The zero-order valence-electron chi connectivity index (χ0n) is 12.2. The van der Waals surface area contributed by atoms with Crippen molar-refractivity contribution >= 4 is 17.8 Å². The Hall–Kier alpha value is -1.39. The molecule has 0 radical (unpaired) electrons. The lowest BCUT2D eigenvalue weighted by Crippen LogP contribution is -2.32. The smallest absolute Gasteiger partial charge is 0.330 e. The molecule has 2 amide bonds. The van der Waals surface area contributed by atoms with Crippen LogP contribution < -0.4 is 0 Å². The van der Waals surface area contributed by atoms with E-state index in [1.165, 1.54) is 0 Å². The van der Waals surface area contributed by atoms with Crippen LogP contribution in [0.25, 0.3) is 0 Å². The predicted molar refractivity (Wildman–Crippen MR) is 69.6 cm³/mol. The van der Waals surface area contributed by atoms with E-state index in [4.69, 9.17) is 4.84 Å². The molecule has 0 atom stereocenters. The van der Waals surface area contributed by atoms with Gasteiger partial charge in [0.25, 0.3) is 11.8 Å². The topological polar surface area (TPSA) is 63.7 Å². The molecule has 1 aliphatic heterocycles. The Bertz CT molecular complexity index is 358. The van der Waals surface area contributed by atoms with Gasteiger partial charge in [0.05, 0.1) is 0 Å². The maximum absolute atomic E-state index is 11.7. The van der Waals surface area contributed by atoms with E-state index in [-0.39, 0.29) is 24.7 Å². The lowest BCUT2D eigenvalue weighted by atomic mass is 9.80. The molecule has 5 nitrogen and oxygen atoms in total. The van der Waals surface area contributed by atoms with Crippen LogP contribution in [-0.2, 0) is 19.2 Å². The van der Waals surface area contributed by atoms with Crippen molar-refractivity contribution in [3.63, 3.8) is 0 Å². The summed E-state index contributed by atoms with van der Waals surface area (Å²) in [5.74, 6) is -0.812. The monoisotopic (exact) mass is 269 g/mol. The number of amides is 2. The van der Waals surface area contributed by atoms with Gasteiger partial charge in [-0.2, -0.15) is 0 Å². The summed E-state index contributed by atoms with van der Waals surface area (Å²) in [6.07, 6.45) is 2.18. The number of carbonyl (C=O) groups is 3. The van der Waals surface area contributed by atoms with E-state index in [1.54, 1.807) is 0 Å².